The van der Waals surface area contributed by atoms with Crippen LogP contribution in [0.4, 0.5) is 0 Å². The predicted octanol–water partition coefficient (Wildman–Crippen LogP) is 5.29. The van der Waals surface area contributed by atoms with E-state index in [1.165, 1.54) is 70.6 Å². The minimum atomic E-state index is -0.503. The van der Waals surface area contributed by atoms with E-state index in [1.807, 2.05) is 0 Å². The number of aliphatic hydroxyl groups excluding tert-OH is 1. The van der Waals surface area contributed by atoms with Gasteiger partial charge in [-0.05, 0) is 25.2 Å². The summed E-state index contributed by atoms with van der Waals surface area (Å²) >= 11 is 0. The van der Waals surface area contributed by atoms with E-state index in [1.54, 1.807) is 0 Å². The first-order valence-corrected chi connectivity index (χ1v) is 9.16. The molecule has 0 saturated heterocycles. The topological polar surface area (TPSA) is 52.8 Å². The van der Waals surface area contributed by atoms with Crippen molar-refractivity contribution in [2.45, 2.75) is 103 Å². The Morgan fingerprint density at radius 1 is 0.952 bits per heavy atom. The second-order valence-electron chi connectivity index (χ2n) is 6.72. The van der Waals surface area contributed by atoms with Gasteiger partial charge in [-0.1, -0.05) is 82.7 Å². The highest BCUT2D eigenvalue weighted by molar-refractivity contribution is 5.88. The molecule has 0 heterocycles. The maximum Gasteiger partial charge on any atom is 0.0956 e. The van der Waals surface area contributed by atoms with Crippen LogP contribution in [0.25, 0.3) is 0 Å². The van der Waals surface area contributed by atoms with Gasteiger partial charge in [-0.25, -0.2) is 0 Å². The quantitative estimate of drug-likeness (QED) is 0.309. The molecule has 1 saturated carbocycles. The maximum absolute atomic E-state index is 9.81. The molecule has 3 nitrogen and oxygen atoms in total. The van der Waals surface area contributed by atoms with Crippen LogP contribution in [0.15, 0.2) is 5.16 Å². The number of oxime groups is 1. The number of aliphatic hydroxyl groups is 1. The molecular weight excluding hydrogens is 262 g/mol. The molecular formula is C18H35NO2. The lowest BCUT2D eigenvalue weighted by atomic mass is 9.83. The van der Waals surface area contributed by atoms with Crippen LogP contribution in [0.3, 0.4) is 0 Å². The second-order valence-corrected chi connectivity index (χ2v) is 6.72. The largest absolute Gasteiger partial charge is 0.411 e. The zero-order valence-electron chi connectivity index (χ0n) is 13.9. The Kier molecular flexibility index (Phi) is 10.6. The van der Waals surface area contributed by atoms with E-state index in [9.17, 15) is 5.11 Å². The Labute approximate surface area is 130 Å². The van der Waals surface area contributed by atoms with Crippen LogP contribution >= 0.6 is 0 Å². The average molecular weight is 297 g/mol. The van der Waals surface area contributed by atoms with Crippen LogP contribution in [0.1, 0.15) is 96.8 Å². The fourth-order valence-electron chi connectivity index (χ4n) is 3.39. The molecule has 2 N–H and O–H groups in total. The third kappa shape index (κ3) is 8.45. The molecule has 1 aliphatic carbocycles. The molecule has 3 heteroatoms. The number of nitrogens with zero attached hydrogens (tertiary/aromatic N) is 1. The van der Waals surface area contributed by atoms with Gasteiger partial charge in [0.25, 0.3) is 0 Å². The first-order chi connectivity index (χ1) is 10.3. The van der Waals surface area contributed by atoms with Gasteiger partial charge in [0.15, 0.2) is 0 Å². The summed E-state index contributed by atoms with van der Waals surface area (Å²) in [5, 5.41) is 21.7. The summed E-state index contributed by atoms with van der Waals surface area (Å²) in [5.74, 6) is 0.625. The molecule has 1 rings (SSSR count). The van der Waals surface area contributed by atoms with Crippen LogP contribution in [-0.2, 0) is 0 Å². The normalized spacial score (nSPS) is 24.6. The summed E-state index contributed by atoms with van der Waals surface area (Å²) < 4.78 is 0. The summed E-state index contributed by atoms with van der Waals surface area (Å²) in [5.41, 5.74) is 0.578. The number of hydrogen-bond donors (Lipinski definition) is 2. The molecule has 2 atom stereocenters. The second kappa shape index (κ2) is 12.0. The molecule has 0 aromatic heterocycles. The van der Waals surface area contributed by atoms with Crippen molar-refractivity contribution in [1.29, 1.82) is 0 Å². The third-order valence-electron chi connectivity index (χ3n) is 4.84. The summed E-state index contributed by atoms with van der Waals surface area (Å²) in [4.78, 5) is 0. The molecule has 0 aromatic carbocycles. The van der Waals surface area contributed by atoms with E-state index >= 15 is 0 Å². The van der Waals surface area contributed by atoms with Crippen molar-refractivity contribution in [2.75, 3.05) is 0 Å². The summed E-state index contributed by atoms with van der Waals surface area (Å²) in [6.45, 7) is 2.27. The Morgan fingerprint density at radius 2 is 1.52 bits per heavy atom. The number of hydrogen-bond acceptors (Lipinski definition) is 3. The minimum absolute atomic E-state index is 0.503. The van der Waals surface area contributed by atoms with Crippen molar-refractivity contribution < 1.29 is 10.3 Å². The smallest absolute Gasteiger partial charge is 0.0956 e. The third-order valence-corrected chi connectivity index (χ3v) is 4.84. The highest BCUT2D eigenvalue weighted by Gasteiger charge is 2.25. The molecule has 0 spiro atoms. The van der Waals surface area contributed by atoms with Gasteiger partial charge in [0, 0.05) is 0 Å². The summed E-state index contributed by atoms with van der Waals surface area (Å²) in [7, 11) is 0. The Bertz CT molecular complexity index is 278. The lowest BCUT2D eigenvalue weighted by molar-refractivity contribution is 0.170. The molecule has 124 valence electrons. The van der Waals surface area contributed by atoms with Gasteiger partial charge < -0.3 is 10.3 Å². The zero-order valence-corrected chi connectivity index (χ0v) is 13.9. The monoisotopic (exact) mass is 297 g/mol. The first-order valence-electron chi connectivity index (χ1n) is 9.16. The van der Waals surface area contributed by atoms with Crippen LogP contribution < -0.4 is 0 Å². The van der Waals surface area contributed by atoms with E-state index < -0.39 is 6.10 Å². The SMILES string of the molecule is CCCCCCCCCCCCC1CCC(=NO)C(O)C1. The fourth-order valence-corrected chi connectivity index (χ4v) is 3.39. The number of rotatable bonds is 11. The highest BCUT2D eigenvalue weighted by atomic mass is 16.4. The van der Waals surface area contributed by atoms with Crippen molar-refractivity contribution in [1.82, 2.24) is 0 Å². The summed E-state index contributed by atoms with van der Waals surface area (Å²) in [6, 6.07) is 0. The van der Waals surface area contributed by atoms with Crippen molar-refractivity contribution in [3.63, 3.8) is 0 Å². The molecule has 0 bridgehead atoms. The standard InChI is InChI=1S/C18H35NO2/c1-2-3-4-5-6-7-8-9-10-11-12-16-13-14-17(19-21)18(20)15-16/h16,18,20-21H,2-15H2,1H3. The van der Waals surface area contributed by atoms with Gasteiger partial charge in [-0.15, -0.1) is 0 Å². The van der Waals surface area contributed by atoms with Gasteiger partial charge in [-0.3, -0.25) is 0 Å². The molecule has 0 amide bonds. The first kappa shape index (κ1) is 18.5. The van der Waals surface area contributed by atoms with E-state index in [4.69, 9.17) is 5.21 Å². The molecule has 1 fully saturated rings. The van der Waals surface area contributed by atoms with Crippen molar-refractivity contribution in [3.8, 4) is 0 Å². The van der Waals surface area contributed by atoms with Crippen LogP contribution in [-0.4, -0.2) is 22.1 Å². The molecule has 0 aliphatic heterocycles. The Hall–Kier alpha value is -0.570. The van der Waals surface area contributed by atoms with Gasteiger partial charge >= 0.3 is 0 Å². The van der Waals surface area contributed by atoms with E-state index in [2.05, 4.69) is 12.1 Å². The Balaban J connectivity index is 1.89. The fraction of sp³-hybridized carbons (Fsp3) is 0.944. The lowest BCUT2D eigenvalue weighted by Crippen LogP contribution is -2.29. The van der Waals surface area contributed by atoms with Crippen LogP contribution in [0, 0.1) is 5.92 Å². The van der Waals surface area contributed by atoms with Gasteiger partial charge in [-0.2, -0.15) is 0 Å². The minimum Gasteiger partial charge on any atom is -0.411 e. The summed E-state index contributed by atoms with van der Waals surface area (Å²) in [6.07, 6.45) is 17.1. The van der Waals surface area contributed by atoms with Crippen molar-refractivity contribution >= 4 is 5.71 Å². The average Bonchev–Trinajstić information content (AvgIpc) is 2.49. The van der Waals surface area contributed by atoms with Crippen LogP contribution in [0.2, 0.25) is 0 Å². The predicted molar refractivity (Wildman–Crippen MR) is 89.0 cm³/mol. The van der Waals surface area contributed by atoms with E-state index in [-0.39, 0.29) is 0 Å². The Morgan fingerprint density at radius 3 is 2.05 bits per heavy atom. The highest BCUT2D eigenvalue weighted by Crippen LogP contribution is 2.27. The molecule has 1 aliphatic rings. The lowest BCUT2D eigenvalue weighted by Gasteiger charge is -2.26. The number of unbranched alkanes of at least 4 members (excludes halogenated alkanes) is 9. The molecule has 21 heavy (non-hydrogen) atoms. The molecule has 0 aromatic rings. The maximum atomic E-state index is 9.81. The van der Waals surface area contributed by atoms with Gasteiger partial charge in [0.05, 0.1) is 11.8 Å². The van der Waals surface area contributed by atoms with Gasteiger partial charge in [0.2, 0.25) is 0 Å². The molecule has 2 unspecified atom stereocenters. The van der Waals surface area contributed by atoms with Gasteiger partial charge in [0.1, 0.15) is 0 Å². The van der Waals surface area contributed by atoms with E-state index in [0.717, 1.165) is 19.3 Å². The van der Waals surface area contributed by atoms with Crippen molar-refractivity contribution in [2.24, 2.45) is 11.1 Å². The molecule has 0 radical (unpaired) electrons. The van der Waals surface area contributed by atoms with Crippen LogP contribution in [0.5, 0.6) is 0 Å². The van der Waals surface area contributed by atoms with E-state index in [0.29, 0.717) is 11.6 Å². The zero-order chi connectivity index (χ0) is 15.3. The van der Waals surface area contributed by atoms with Crippen molar-refractivity contribution in [3.05, 3.63) is 0 Å².